The van der Waals surface area contributed by atoms with Crippen LogP contribution in [0.2, 0.25) is 0 Å². The van der Waals surface area contributed by atoms with Crippen molar-refractivity contribution >= 4 is 11.9 Å². The summed E-state index contributed by atoms with van der Waals surface area (Å²) in [6, 6.07) is 0. The first-order chi connectivity index (χ1) is 8.62. The van der Waals surface area contributed by atoms with E-state index in [0.29, 0.717) is 25.5 Å². The van der Waals surface area contributed by atoms with E-state index in [0.717, 1.165) is 25.2 Å². The molecule has 0 bridgehead atoms. The molecule has 1 aromatic rings. The zero-order valence-corrected chi connectivity index (χ0v) is 9.84. The number of carboxylic acid groups (broad SMARTS) is 1. The Bertz CT molecular complexity index is 479. The molecule has 96 valence electrons. The molecule has 2 atom stereocenters. The van der Waals surface area contributed by atoms with Crippen molar-refractivity contribution in [3.05, 3.63) is 18.2 Å². The first-order valence-corrected chi connectivity index (χ1v) is 6.08. The van der Waals surface area contributed by atoms with E-state index in [1.54, 1.807) is 0 Å². The van der Waals surface area contributed by atoms with Crippen LogP contribution in [-0.2, 0) is 4.79 Å². The van der Waals surface area contributed by atoms with Crippen LogP contribution in [0, 0.1) is 17.2 Å². The standard InChI is InChI=1S/C12H14FN3O2/c13-9-4-14-11(15-5-9)16-6-8-2-1-3-12(8,7-16)10(17)18/h4-5,8H,1-3,6-7H2,(H,17,18)/t8-,12+/m0/s1. The highest BCUT2D eigenvalue weighted by molar-refractivity contribution is 5.77. The molecule has 0 radical (unpaired) electrons. The molecule has 2 aliphatic rings. The van der Waals surface area contributed by atoms with Gasteiger partial charge in [-0.1, -0.05) is 6.42 Å². The lowest BCUT2D eigenvalue weighted by atomic mass is 9.81. The minimum atomic E-state index is -0.727. The summed E-state index contributed by atoms with van der Waals surface area (Å²) in [4.78, 5) is 21.2. The van der Waals surface area contributed by atoms with E-state index in [2.05, 4.69) is 9.97 Å². The molecule has 2 heterocycles. The summed E-state index contributed by atoms with van der Waals surface area (Å²) >= 11 is 0. The zero-order chi connectivity index (χ0) is 12.8. The lowest BCUT2D eigenvalue weighted by molar-refractivity contribution is -0.149. The third-order valence-corrected chi connectivity index (χ3v) is 4.19. The molecule has 1 saturated heterocycles. The number of halogens is 1. The van der Waals surface area contributed by atoms with Gasteiger partial charge in [-0.3, -0.25) is 4.79 Å². The summed E-state index contributed by atoms with van der Waals surface area (Å²) in [5.41, 5.74) is -0.655. The Hall–Kier alpha value is -1.72. The summed E-state index contributed by atoms with van der Waals surface area (Å²) in [5, 5.41) is 9.46. The van der Waals surface area contributed by atoms with Crippen molar-refractivity contribution in [1.29, 1.82) is 0 Å². The van der Waals surface area contributed by atoms with Crippen LogP contribution < -0.4 is 4.90 Å². The van der Waals surface area contributed by atoms with Crippen LogP contribution in [0.25, 0.3) is 0 Å². The molecule has 1 aliphatic carbocycles. The predicted molar refractivity (Wildman–Crippen MR) is 61.6 cm³/mol. The summed E-state index contributed by atoms with van der Waals surface area (Å²) in [6.07, 6.45) is 4.84. The number of hydrogen-bond acceptors (Lipinski definition) is 4. The van der Waals surface area contributed by atoms with Crippen molar-refractivity contribution in [3.63, 3.8) is 0 Å². The van der Waals surface area contributed by atoms with Crippen LogP contribution in [0.5, 0.6) is 0 Å². The molecular formula is C12H14FN3O2. The minimum absolute atomic E-state index is 0.156. The van der Waals surface area contributed by atoms with E-state index in [4.69, 9.17) is 0 Å². The maximum atomic E-state index is 12.8. The second kappa shape index (κ2) is 3.90. The second-order valence-corrected chi connectivity index (χ2v) is 5.13. The highest BCUT2D eigenvalue weighted by atomic mass is 19.1. The van der Waals surface area contributed by atoms with Gasteiger partial charge in [-0.05, 0) is 18.8 Å². The Morgan fingerprint density at radius 3 is 2.83 bits per heavy atom. The number of anilines is 1. The molecule has 1 aliphatic heterocycles. The first kappa shape index (κ1) is 11.4. The fraction of sp³-hybridized carbons (Fsp3) is 0.583. The van der Waals surface area contributed by atoms with E-state index in [1.165, 1.54) is 0 Å². The number of aliphatic carboxylic acids is 1. The first-order valence-electron chi connectivity index (χ1n) is 6.08. The van der Waals surface area contributed by atoms with Crippen molar-refractivity contribution in [3.8, 4) is 0 Å². The molecule has 0 aromatic carbocycles. The topological polar surface area (TPSA) is 66.3 Å². The SMILES string of the molecule is O=C(O)[C@@]12CCC[C@H]1CN(c1ncc(F)cn1)C2. The maximum absolute atomic E-state index is 12.8. The van der Waals surface area contributed by atoms with Crippen molar-refractivity contribution < 1.29 is 14.3 Å². The summed E-state index contributed by atoms with van der Waals surface area (Å²) in [6.45, 7) is 1.08. The van der Waals surface area contributed by atoms with Gasteiger partial charge in [-0.25, -0.2) is 14.4 Å². The molecule has 2 fully saturated rings. The number of nitrogens with zero attached hydrogens (tertiary/aromatic N) is 3. The van der Waals surface area contributed by atoms with Gasteiger partial charge in [0.1, 0.15) is 0 Å². The molecule has 1 aromatic heterocycles. The van der Waals surface area contributed by atoms with Gasteiger partial charge in [0, 0.05) is 13.1 Å². The van der Waals surface area contributed by atoms with Gasteiger partial charge in [0.05, 0.1) is 17.8 Å². The van der Waals surface area contributed by atoms with Crippen molar-refractivity contribution in [2.24, 2.45) is 11.3 Å². The molecule has 0 amide bonds. The van der Waals surface area contributed by atoms with Gasteiger partial charge in [0.25, 0.3) is 0 Å². The smallest absolute Gasteiger partial charge is 0.311 e. The van der Waals surface area contributed by atoms with Crippen LogP contribution in [0.15, 0.2) is 12.4 Å². The van der Waals surface area contributed by atoms with Gasteiger partial charge in [-0.15, -0.1) is 0 Å². The number of aromatic nitrogens is 2. The van der Waals surface area contributed by atoms with E-state index in [9.17, 15) is 14.3 Å². The number of rotatable bonds is 2. The fourth-order valence-corrected chi connectivity index (χ4v) is 3.26. The predicted octanol–water partition coefficient (Wildman–Crippen LogP) is 1.31. The Balaban J connectivity index is 1.86. The van der Waals surface area contributed by atoms with Gasteiger partial charge in [0.2, 0.25) is 5.95 Å². The molecule has 6 heteroatoms. The Morgan fingerprint density at radius 1 is 1.50 bits per heavy atom. The van der Waals surface area contributed by atoms with Crippen molar-refractivity contribution in [2.45, 2.75) is 19.3 Å². The van der Waals surface area contributed by atoms with E-state index in [1.807, 2.05) is 4.90 Å². The largest absolute Gasteiger partial charge is 0.481 e. The van der Waals surface area contributed by atoms with E-state index >= 15 is 0 Å². The lowest BCUT2D eigenvalue weighted by Crippen LogP contribution is -2.36. The lowest BCUT2D eigenvalue weighted by Gasteiger charge is -2.23. The van der Waals surface area contributed by atoms with Crippen LogP contribution in [0.1, 0.15) is 19.3 Å². The second-order valence-electron chi connectivity index (χ2n) is 5.13. The van der Waals surface area contributed by atoms with E-state index in [-0.39, 0.29) is 5.92 Å². The molecule has 3 rings (SSSR count). The normalized spacial score (nSPS) is 30.5. The molecule has 0 unspecified atom stereocenters. The Kier molecular flexibility index (Phi) is 2.46. The number of carbonyl (C=O) groups is 1. The van der Waals surface area contributed by atoms with E-state index < -0.39 is 17.2 Å². The molecule has 5 nitrogen and oxygen atoms in total. The monoisotopic (exact) mass is 251 g/mol. The highest BCUT2D eigenvalue weighted by Gasteiger charge is 2.55. The van der Waals surface area contributed by atoms with Gasteiger partial charge in [-0.2, -0.15) is 0 Å². The van der Waals surface area contributed by atoms with Crippen LogP contribution in [0.4, 0.5) is 10.3 Å². The van der Waals surface area contributed by atoms with Crippen LogP contribution >= 0.6 is 0 Å². The Labute approximate surface area is 104 Å². The molecule has 1 saturated carbocycles. The highest BCUT2D eigenvalue weighted by Crippen LogP contribution is 2.49. The average molecular weight is 251 g/mol. The van der Waals surface area contributed by atoms with Gasteiger partial charge >= 0.3 is 5.97 Å². The average Bonchev–Trinajstić information content (AvgIpc) is 2.87. The number of carboxylic acids is 1. The molecule has 0 spiro atoms. The van der Waals surface area contributed by atoms with Crippen LogP contribution in [-0.4, -0.2) is 34.1 Å². The van der Waals surface area contributed by atoms with Crippen molar-refractivity contribution in [1.82, 2.24) is 9.97 Å². The van der Waals surface area contributed by atoms with Crippen molar-refractivity contribution in [2.75, 3.05) is 18.0 Å². The molecule has 18 heavy (non-hydrogen) atoms. The molecule has 1 N–H and O–H groups in total. The minimum Gasteiger partial charge on any atom is -0.481 e. The quantitative estimate of drug-likeness (QED) is 0.858. The Morgan fingerprint density at radius 2 is 2.22 bits per heavy atom. The fourth-order valence-electron chi connectivity index (χ4n) is 3.26. The number of fused-ring (bicyclic) bond motifs is 1. The third-order valence-electron chi connectivity index (χ3n) is 4.19. The van der Waals surface area contributed by atoms with Gasteiger partial charge < -0.3 is 10.0 Å². The third kappa shape index (κ3) is 1.55. The molecular weight excluding hydrogens is 237 g/mol. The summed E-state index contributed by atoms with van der Waals surface area (Å²) in [5.74, 6) is -0.629. The number of hydrogen-bond donors (Lipinski definition) is 1. The summed E-state index contributed by atoms with van der Waals surface area (Å²) < 4.78 is 12.8. The van der Waals surface area contributed by atoms with Gasteiger partial charge in [0.15, 0.2) is 5.82 Å². The maximum Gasteiger partial charge on any atom is 0.311 e. The zero-order valence-electron chi connectivity index (χ0n) is 9.84. The summed E-state index contributed by atoms with van der Waals surface area (Å²) in [7, 11) is 0. The van der Waals surface area contributed by atoms with Crippen LogP contribution in [0.3, 0.4) is 0 Å².